The first kappa shape index (κ1) is 26.7. The van der Waals surface area contributed by atoms with E-state index in [4.69, 9.17) is 23.2 Å². The Kier molecular flexibility index (Phi) is 14.7. The molecule has 31 heavy (non-hydrogen) atoms. The van der Waals surface area contributed by atoms with Crippen LogP contribution < -0.4 is 0 Å². The van der Waals surface area contributed by atoms with Gasteiger partial charge in [-0.15, -0.1) is 0 Å². The van der Waals surface area contributed by atoms with E-state index in [1.165, 1.54) is 94.6 Å². The predicted molar refractivity (Wildman–Crippen MR) is 143 cm³/mol. The molecule has 2 aromatic carbocycles. The van der Waals surface area contributed by atoms with Crippen molar-refractivity contribution in [2.24, 2.45) is 0 Å². The van der Waals surface area contributed by atoms with Crippen molar-refractivity contribution < 1.29 is 0 Å². The van der Waals surface area contributed by atoms with Gasteiger partial charge >= 0.3 is 0 Å². The average Bonchev–Trinajstić information content (AvgIpc) is 2.78. The van der Waals surface area contributed by atoms with Crippen molar-refractivity contribution in [3.63, 3.8) is 0 Å². The van der Waals surface area contributed by atoms with Crippen molar-refractivity contribution in [2.75, 3.05) is 5.33 Å². The maximum Gasteiger partial charge on any atom is 0.0406 e. The van der Waals surface area contributed by atoms with Crippen LogP contribution in [0.5, 0.6) is 0 Å². The maximum absolute atomic E-state index is 6.12. The molecule has 0 aliphatic heterocycles. The van der Waals surface area contributed by atoms with Crippen LogP contribution in [-0.2, 0) is 6.42 Å². The average molecular weight is 526 g/mol. The molecule has 0 saturated carbocycles. The van der Waals surface area contributed by atoms with E-state index in [1.807, 2.05) is 24.3 Å². The van der Waals surface area contributed by atoms with Crippen molar-refractivity contribution in [3.8, 4) is 0 Å². The Morgan fingerprint density at radius 1 is 0.548 bits per heavy atom. The zero-order chi connectivity index (χ0) is 22.2. The van der Waals surface area contributed by atoms with Gasteiger partial charge in [-0.05, 0) is 73.4 Å². The highest BCUT2D eigenvalue weighted by atomic mass is 79.9. The summed E-state index contributed by atoms with van der Waals surface area (Å²) in [5.41, 5.74) is 2.83. The molecule has 0 bridgehead atoms. The number of hydrogen-bond donors (Lipinski definition) is 0. The van der Waals surface area contributed by atoms with Crippen LogP contribution in [0.4, 0.5) is 0 Å². The van der Waals surface area contributed by atoms with Crippen LogP contribution in [0.2, 0.25) is 10.0 Å². The van der Waals surface area contributed by atoms with Crippen LogP contribution in [-0.4, -0.2) is 5.33 Å². The minimum Gasteiger partial charge on any atom is -0.0928 e. The minimum atomic E-state index is 0.638. The van der Waals surface area contributed by atoms with Crippen LogP contribution in [0.1, 0.15) is 101 Å². The molecule has 0 spiro atoms. The van der Waals surface area contributed by atoms with Gasteiger partial charge in [-0.3, -0.25) is 0 Å². The molecule has 0 aliphatic carbocycles. The fourth-order valence-corrected chi connectivity index (χ4v) is 4.96. The molecule has 0 N–H and O–H groups in total. The first-order valence-corrected chi connectivity index (χ1v) is 14.1. The van der Waals surface area contributed by atoms with Crippen LogP contribution in [0, 0.1) is 0 Å². The second kappa shape index (κ2) is 17.0. The van der Waals surface area contributed by atoms with Gasteiger partial charge < -0.3 is 0 Å². The Morgan fingerprint density at radius 2 is 1.00 bits per heavy atom. The summed E-state index contributed by atoms with van der Waals surface area (Å²) in [6.45, 7) is 0. The summed E-state index contributed by atoms with van der Waals surface area (Å²) in [5, 5.41) is 2.80. The summed E-state index contributed by atoms with van der Waals surface area (Å²) in [7, 11) is 0. The monoisotopic (exact) mass is 524 g/mol. The predicted octanol–water partition coefficient (Wildman–Crippen LogP) is 10.8. The Morgan fingerprint density at radius 3 is 1.55 bits per heavy atom. The lowest BCUT2D eigenvalue weighted by atomic mass is 9.88. The van der Waals surface area contributed by atoms with Gasteiger partial charge in [0.05, 0.1) is 0 Å². The molecule has 3 heteroatoms. The first-order valence-electron chi connectivity index (χ1n) is 12.2. The third-order valence-corrected chi connectivity index (χ3v) is 7.27. The molecule has 0 amide bonds. The van der Waals surface area contributed by atoms with E-state index >= 15 is 0 Å². The molecule has 0 nitrogen and oxygen atoms in total. The van der Waals surface area contributed by atoms with Crippen molar-refractivity contribution in [1.82, 2.24) is 0 Å². The van der Waals surface area contributed by atoms with Gasteiger partial charge in [-0.25, -0.2) is 0 Å². The molecular weight excluding hydrogens is 487 g/mol. The summed E-state index contributed by atoms with van der Waals surface area (Å²) in [5.74, 6) is 0.638. The Labute approximate surface area is 209 Å². The number of alkyl halides is 1. The summed E-state index contributed by atoms with van der Waals surface area (Å²) in [6, 6.07) is 16.8. The lowest BCUT2D eigenvalue weighted by Gasteiger charge is -2.18. The van der Waals surface area contributed by atoms with Crippen molar-refractivity contribution in [3.05, 3.63) is 69.7 Å². The number of hydrogen-bond acceptors (Lipinski definition) is 0. The highest BCUT2D eigenvalue weighted by Crippen LogP contribution is 2.29. The van der Waals surface area contributed by atoms with Gasteiger partial charge in [0.15, 0.2) is 0 Å². The fourth-order valence-electron chi connectivity index (χ4n) is 4.32. The summed E-state index contributed by atoms with van der Waals surface area (Å²) >= 11 is 15.6. The quantitative estimate of drug-likeness (QED) is 0.142. The van der Waals surface area contributed by atoms with Crippen molar-refractivity contribution >= 4 is 39.1 Å². The van der Waals surface area contributed by atoms with E-state index in [0.717, 1.165) is 21.8 Å². The first-order chi connectivity index (χ1) is 15.2. The maximum atomic E-state index is 6.12. The number of unbranched alkanes of at least 4 members (excludes halogenated alkanes) is 9. The molecule has 0 heterocycles. The van der Waals surface area contributed by atoms with Crippen LogP contribution in [0.25, 0.3) is 0 Å². The number of halogens is 3. The van der Waals surface area contributed by atoms with E-state index in [-0.39, 0.29) is 0 Å². The van der Waals surface area contributed by atoms with Crippen LogP contribution in [0.3, 0.4) is 0 Å². The van der Waals surface area contributed by atoms with E-state index in [1.54, 1.807) is 0 Å². The second-order valence-electron chi connectivity index (χ2n) is 8.78. The molecular formula is C28H39BrCl2. The molecule has 172 valence electrons. The molecule has 2 rings (SSSR count). The number of rotatable bonds is 17. The van der Waals surface area contributed by atoms with Gasteiger partial charge in [0, 0.05) is 15.4 Å². The molecule has 1 unspecified atom stereocenters. The van der Waals surface area contributed by atoms with Gasteiger partial charge in [0.2, 0.25) is 0 Å². The summed E-state index contributed by atoms with van der Waals surface area (Å²) < 4.78 is 0. The van der Waals surface area contributed by atoms with Gasteiger partial charge in [-0.2, -0.15) is 0 Å². The molecule has 0 saturated heterocycles. The second-order valence-corrected chi connectivity index (χ2v) is 10.4. The smallest absolute Gasteiger partial charge is 0.0406 e. The van der Waals surface area contributed by atoms with Gasteiger partial charge in [-0.1, -0.05) is 121 Å². The lowest BCUT2D eigenvalue weighted by Crippen LogP contribution is -2.01. The molecule has 0 aliphatic rings. The molecule has 1 atom stereocenters. The summed E-state index contributed by atoms with van der Waals surface area (Å²) in [6.07, 6.45) is 18.7. The third-order valence-electron chi connectivity index (χ3n) is 6.21. The van der Waals surface area contributed by atoms with E-state index < -0.39 is 0 Å². The topological polar surface area (TPSA) is 0 Å². The Bertz CT molecular complexity index is 681. The zero-order valence-electron chi connectivity index (χ0n) is 18.9. The molecule has 2 aromatic rings. The van der Waals surface area contributed by atoms with E-state index in [2.05, 4.69) is 40.2 Å². The molecule has 0 radical (unpaired) electrons. The van der Waals surface area contributed by atoms with E-state index in [9.17, 15) is 0 Å². The van der Waals surface area contributed by atoms with Crippen LogP contribution in [0.15, 0.2) is 48.5 Å². The molecule has 0 aromatic heterocycles. The Balaban J connectivity index is 1.66. The number of benzene rings is 2. The van der Waals surface area contributed by atoms with Crippen molar-refractivity contribution in [1.29, 1.82) is 0 Å². The van der Waals surface area contributed by atoms with Gasteiger partial charge in [0.1, 0.15) is 0 Å². The Hall–Kier alpha value is -0.500. The summed E-state index contributed by atoms with van der Waals surface area (Å²) in [4.78, 5) is 0. The zero-order valence-corrected chi connectivity index (χ0v) is 22.0. The number of aryl methyl sites for hydroxylation is 1. The van der Waals surface area contributed by atoms with E-state index in [0.29, 0.717) is 5.92 Å². The van der Waals surface area contributed by atoms with Gasteiger partial charge in [0.25, 0.3) is 0 Å². The van der Waals surface area contributed by atoms with Crippen LogP contribution >= 0.6 is 39.1 Å². The standard InChI is InChI=1S/C28H39BrCl2/c29-23-10-8-6-4-2-1-3-5-7-9-13-25(26-17-21-28(31)22-18-26)14-11-12-24-15-19-27(30)20-16-24/h15-22,25H,1-14,23H2. The minimum absolute atomic E-state index is 0.638. The molecule has 0 fully saturated rings. The highest BCUT2D eigenvalue weighted by Gasteiger charge is 2.11. The lowest BCUT2D eigenvalue weighted by molar-refractivity contribution is 0.498. The highest BCUT2D eigenvalue weighted by molar-refractivity contribution is 9.09. The normalized spacial score (nSPS) is 12.2. The fraction of sp³-hybridized carbons (Fsp3) is 0.571. The largest absolute Gasteiger partial charge is 0.0928 e. The van der Waals surface area contributed by atoms with Crippen molar-refractivity contribution in [2.45, 2.75) is 95.8 Å². The third kappa shape index (κ3) is 12.4. The SMILES string of the molecule is Clc1ccc(CCCC(CCCCCCCCCCCCBr)c2ccc(Cl)cc2)cc1.